The van der Waals surface area contributed by atoms with Crippen molar-refractivity contribution < 1.29 is 26.8 Å². The number of hydrogen-bond donors (Lipinski definition) is 1. The molecule has 0 aromatic carbocycles. The number of ketones is 1. The summed E-state index contributed by atoms with van der Waals surface area (Å²) in [6, 6.07) is 0. The fourth-order valence-corrected chi connectivity index (χ4v) is 7.23. The monoisotopic (exact) mass is 351 g/mol. The zero-order valence-electron chi connectivity index (χ0n) is 12.3. The third kappa shape index (κ3) is 2.72. The molecule has 3 aliphatic rings. The van der Waals surface area contributed by atoms with Crippen LogP contribution in [0.2, 0.25) is 0 Å². The Morgan fingerprint density at radius 3 is 1.41 bits per heavy atom. The van der Waals surface area contributed by atoms with Crippen LogP contribution in [0, 0.1) is 0 Å². The molecular formula is C13H21NO6S2. The minimum Gasteiger partial charge on any atom is -0.313 e. The van der Waals surface area contributed by atoms with Gasteiger partial charge in [-0.05, 0) is 25.7 Å². The SMILES string of the molecule is O=C1CC2(CCS(=O)(=O)CC2)N(O)C2(CCS(=O)(=O)CC2)C1. The molecule has 0 unspecified atom stereocenters. The predicted molar refractivity (Wildman–Crippen MR) is 79.1 cm³/mol. The Balaban J connectivity index is 1.90. The van der Waals surface area contributed by atoms with Gasteiger partial charge in [-0.15, -0.1) is 0 Å². The average molecular weight is 351 g/mol. The fourth-order valence-electron chi connectivity index (χ4n) is 4.06. The zero-order valence-corrected chi connectivity index (χ0v) is 14.0. The second-order valence-electron chi connectivity index (χ2n) is 6.96. The molecule has 0 atom stereocenters. The maximum Gasteiger partial charge on any atom is 0.150 e. The van der Waals surface area contributed by atoms with Gasteiger partial charge in [0.2, 0.25) is 0 Å². The molecule has 3 rings (SSSR count). The van der Waals surface area contributed by atoms with Crippen LogP contribution in [0.3, 0.4) is 0 Å². The standard InChI is InChI=1S/C13H21NO6S2/c15-11-9-12(1-5-21(17,18)6-2-12)14(16)13(10-11)3-7-22(19,20)8-4-13/h16H,1-10H2. The van der Waals surface area contributed by atoms with Crippen molar-refractivity contribution in [1.29, 1.82) is 0 Å². The number of hydrogen-bond acceptors (Lipinski definition) is 7. The van der Waals surface area contributed by atoms with E-state index in [1.165, 1.54) is 5.06 Å². The molecule has 22 heavy (non-hydrogen) atoms. The molecule has 0 bridgehead atoms. The van der Waals surface area contributed by atoms with Crippen LogP contribution in [-0.4, -0.2) is 67.0 Å². The first-order chi connectivity index (χ1) is 10.1. The molecule has 0 radical (unpaired) electrons. The molecule has 3 heterocycles. The van der Waals surface area contributed by atoms with Gasteiger partial charge in [0.05, 0.1) is 34.1 Å². The maximum absolute atomic E-state index is 12.2. The summed E-state index contributed by atoms with van der Waals surface area (Å²) in [5, 5.41) is 12.0. The fraction of sp³-hybridized carbons (Fsp3) is 0.923. The highest BCUT2D eigenvalue weighted by molar-refractivity contribution is 7.91. The minimum absolute atomic E-state index is 0.0103. The van der Waals surface area contributed by atoms with Gasteiger partial charge in [0.15, 0.2) is 0 Å². The Morgan fingerprint density at radius 2 is 1.09 bits per heavy atom. The van der Waals surface area contributed by atoms with Crippen LogP contribution in [0.4, 0.5) is 0 Å². The number of hydroxylamine groups is 2. The third-order valence-electron chi connectivity index (χ3n) is 5.46. The molecule has 0 amide bonds. The first kappa shape index (κ1) is 16.4. The summed E-state index contributed by atoms with van der Waals surface area (Å²) in [7, 11) is -6.21. The van der Waals surface area contributed by atoms with Crippen molar-refractivity contribution in [3.63, 3.8) is 0 Å². The molecule has 3 fully saturated rings. The van der Waals surface area contributed by atoms with E-state index in [1.54, 1.807) is 0 Å². The number of Topliss-reactive ketones (excluding diaryl/α,β-unsaturated/α-hetero) is 1. The van der Waals surface area contributed by atoms with E-state index in [4.69, 9.17) is 0 Å². The summed E-state index contributed by atoms with van der Waals surface area (Å²) in [4.78, 5) is 12.2. The van der Waals surface area contributed by atoms with Crippen molar-refractivity contribution in [2.45, 2.75) is 49.6 Å². The number of sulfone groups is 2. The molecule has 3 aliphatic heterocycles. The van der Waals surface area contributed by atoms with Gasteiger partial charge in [-0.2, -0.15) is 5.06 Å². The Bertz CT molecular complexity index is 610. The molecular weight excluding hydrogens is 330 g/mol. The Kier molecular flexibility index (Phi) is 3.71. The molecule has 0 aliphatic carbocycles. The topological polar surface area (TPSA) is 109 Å². The van der Waals surface area contributed by atoms with Gasteiger partial charge in [0.25, 0.3) is 0 Å². The van der Waals surface area contributed by atoms with Crippen molar-refractivity contribution >= 4 is 25.5 Å². The first-order valence-corrected chi connectivity index (χ1v) is 11.1. The summed E-state index contributed by atoms with van der Waals surface area (Å²) in [5.41, 5.74) is -1.69. The Hall–Kier alpha value is -0.510. The second kappa shape index (κ2) is 4.99. The zero-order chi connectivity index (χ0) is 16.2. The van der Waals surface area contributed by atoms with Crippen molar-refractivity contribution in [2.24, 2.45) is 0 Å². The molecule has 1 N–H and O–H groups in total. The predicted octanol–water partition coefficient (Wildman–Crippen LogP) is -0.0647. The van der Waals surface area contributed by atoms with Crippen LogP contribution in [0.15, 0.2) is 0 Å². The summed E-state index contributed by atoms with van der Waals surface area (Å²) in [6.07, 6.45) is 1.21. The van der Waals surface area contributed by atoms with Crippen LogP contribution in [0.25, 0.3) is 0 Å². The van der Waals surface area contributed by atoms with Gasteiger partial charge >= 0.3 is 0 Å². The van der Waals surface area contributed by atoms with E-state index < -0.39 is 30.8 Å². The first-order valence-electron chi connectivity index (χ1n) is 7.50. The van der Waals surface area contributed by atoms with Crippen molar-refractivity contribution in [3.05, 3.63) is 0 Å². The summed E-state index contributed by atoms with van der Waals surface area (Å²) in [5.74, 6) is -0.154. The molecule has 3 saturated heterocycles. The van der Waals surface area contributed by atoms with Crippen molar-refractivity contribution in [3.8, 4) is 0 Å². The number of nitrogens with zero attached hydrogens (tertiary/aromatic N) is 1. The highest BCUT2D eigenvalue weighted by Gasteiger charge is 2.57. The average Bonchev–Trinajstić information content (AvgIpc) is 2.43. The van der Waals surface area contributed by atoms with Gasteiger partial charge in [-0.25, -0.2) is 16.8 Å². The minimum atomic E-state index is -3.10. The van der Waals surface area contributed by atoms with Gasteiger partial charge in [0.1, 0.15) is 25.5 Å². The number of piperidine rings is 1. The van der Waals surface area contributed by atoms with Crippen LogP contribution < -0.4 is 0 Å². The van der Waals surface area contributed by atoms with Crippen LogP contribution in [0.1, 0.15) is 38.5 Å². The van der Waals surface area contributed by atoms with Gasteiger partial charge in [-0.1, -0.05) is 0 Å². The molecule has 0 aromatic rings. The van der Waals surface area contributed by atoms with Gasteiger partial charge in [0, 0.05) is 12.8 Å². The van der Waals surface area contributed by atoms with E-state index in [2.05, 4.69) is 0 Å². The summed E-state index contributed by atoms with van der Waals surface area (Å²) < 4.78 is 46.6. The number of carbonyl (C=O) groups is 1. The van der Waals surface area contributed by atoms with Crippen LogP contribution in [-0.2, 0) is 24.5 Å². The lowest BCUT2D eigenvalue weighted by molar-refractivity contribution is -0.260. The highest BCUT2D eigenvalue weighted by Crippen LogP contribution is 2.46. The molecule has 0 saturated carbocycles. The molecule has 7 nitrogen and oxygen atoms in total. The van der Waals surface area contributed by atoms with E-state index in [0.717, 1.165) is 0 Å². The molecule has 0 aromatic heterocycles. The van der Waals surface area contributed by atoms with E-state index in [0.29, 0.717) is 0 Å². The normalized spacial score (nSPS) is 33.0. The molecule has 9 heteroatoms. The van der Waals surface area contributed by atoms with E-state index >= 15 is 0 Å². The molecule has 126 valence electrons. The lowest BCUT2D eigenvalue weighted by atomic mass is 9.72. The lowest BCUT2D eigenvalue weighted by Crippen LogP contribution is -2.67. The smallest absolute Gasteiger partial charge is 0.150 e. The number of carbonyl (C=O) groups excluding carboxylic acids is 1. The summed E-state index contributed by atoms with van der Waals surface area (Å²) in [6.45, 7) is 0. The third-order valence-corrected chi connectivity index (χ3v) is 8.77. The van der Waals surface area contributed by atoms with Gasteiger partial charge < -0.3 is 5.21 Å². The van der Waals surface area contributed by atoms with Crippen LogP contribution in [0.5, 0.6) is 0 Å². The quantitative estimate of drug-likeness (QED) is 0.651. The van der Waals surface area contributed by atoms with Crippen molar-refractivity contribution in [2.75, 3.05) is 23.0 Å². The van der Waals surface area contributed by atoms with Gasteiger partial charge in [-0.3, -0.25) is 4.79 Å². The van der Waals surface area contributed by atoms with E-state index in [9.17, 15) is 26.8 Å². The molecule has 2 spiro atoms. The van der Waals surface area contributed by atoms with E-state index in [1.807, 2.05) is 0 Å². The largest absolute Gasteiger partial charge is 0.313 e. The second-order valence-corrected chi connectivity index (χ2v) is 11.6. The Morgan fingerprint density at radius 1 is 0.773 bits per heavy atom. The number of rotatable bonds is 0. The van der Waals surface area contributed by atoms with Crippen LogP contribution >= 0.6 is 0 Å². The maximum atomic E-state index is 12.2. The summed E-state index contributed by atoms with van der Waals surface area (Å²) >= 11 is 0. The van der Waals surface area contributed by atoms with Crippen molar-refractivity contribution in [1.82, 2.24) is 5.06 Å². The van der Waals surface area contributed by atoms with E-state index in [-0.39, 0.29) is 67.3 Å². The lowest BCUT2D eigenvalue weighted by Gasteiger charge is -2.56. The highest BCUT2D eigenvalue weighted by atomic mass is 32.2. The Labute approximate surface area is 130 Å².